The SMILES string of the molecule is C=CCc1nc(N)ccc1B1OC(C)(C)C(C)(C)O1. The van der Waals surface area contributed by atoms with Crippen LogP contribution in [0, 0.1) is 0 Å². The molecule has 1 aliphatic heterocycles. The van der Waals surface area contributed by atoms with Gasteiger partial charge in [-0.3, -0.25) is 0 Å². The molecular formula is C14H21BN2O2. The van der Waals surface area contributed by atoms with E-state index in [-0.39, 0.29) is 11.2 Å². The molecule has 2 rings (SSSR count). The fourth-order valence-electron chi connectivity index (χ4n) is 2.01. The average Bonchev–Trinajstić information content (AvgIpc) is 2.48. The Hall–Kier alpha value is -1.33. The highest BCUT2D eigenvalue weighted by Crippen LogP contribution is 2.36. The Labute approximate surface area is 115 Å². The van der Waals surface area contributed by atoms with Crippen LogP contribution in [0.25, 0.3) is 0 Å². The predicted octanol–water partition coefficient (Wildman–Crippen LogP) is 1.69. The van der Waals surface area contributed by atoms with Gasteiger partial charge in [-0.2, -0.15) is 0 Å². The molecule has 1 aromatic heterocycles. The summed E-state index contributed by atoms with van der Waals surface area (Å²) in [5, 5.41) is 0. The number of nitrogen functional groups attached to an aromatic ring is 1. The van der Waals surface area contributed by atoms with Gasteiger partial charge in [0.05, 0.1) is 11.2 Å². The van der Waals surface area contributed by atoms with Crippen molar-refractivity contribution >= 4 is 18.4 Å². The van der Waals surface area contributed by atoms with Gasteiger partial charge in [0.2, 0.25) is 0 Å². The first-order chi connectivity index (χ1) is 8.77. The van der Waals surface area contributed by atoms with E-state index < -0.39 is 7.12 Å². The number of rotatable bonds is 3. The van der Waals surface area contributed by atoms with Crippen molar-refractivity contribution in [2.24, 2.45) is 0 Å². The molecule has 1 aromatic rings. The molecule has 0 atom stereocenters. The van der Waals surface area contributed by atoms with E-state index in [0.717, 1.165) is 11.2 Å². The van der Waals surface area contributed by atoms with Crippen LogP contribution in [0.5, 0.6) is 0 Å². The van der Waals surface area contributed by atoms with Crippen LogP contribution in [-0.4, -0.2) is 23.3 Å². The Balaban J connectivity index is 2.36. The molecule has 19 heavy (non-hydrogen) atoms. The Morgan fingerprint density at radius 1 is 1.26 bits per heavy atom. The van der Waals surface area contributed by atoms with Gasteiger partial charge in [0.15, 0.2) is 0 Å². The van der Waals surface area contributed by atoms with Crippen molar-refractivity contribution in [3.63, 3.8) is 0 Å². The highest BCUT2D eigenvalue weighted by Gasteiger charge is 2.52. The first-order valence-electron chi connectivity index (χ1n) is 6.48. The Kier molecular flexibility index (Phi) is 3.45. The highest BCUT2D eigenvalue weighted by molar-refractivity contribution is 6.62. The van der Waals surface area contributed by atoms with E-state index in [9.17, 15) is 0 Å². The maximum absolute atomic E-state index is 6.04. The van der Waals surface area contributed by atoms with E-state index in [0.29, 0.717) is 12.2 Å². The van der Waals surface area contributed by atoms with Gasteiger partial charge in [-0.15, -0.1) is 6.58 Å². The van der Waals surface area contributed by atoms with Gasteiger partial charge in [-0.05, 0) is 33.8 Å². The van der Waals surface area contributed by atoms with Gasteiger partial charge in [0.1, 0.15) is 5.82 Å². The van der Waals surface area contributed by atoms with E-state index in [1.54, 1.807) is 12.1 Å². The molecule has 0 aromatic carbocycles. The standard InChI is InChI=1S/C14H21BN2O2/c1-6-7-11-10(8-9-12(16)17-11)15-18-13(2,3)14(4,5)19-15/h6,8-9H,1,7H2,2-5H3,(H2,16,17). The minimum absolute atomic E-state index is 0.357. The Morgan fingerprint density at radius 2 is 1.84 bits per heavy atom. The molecule has 2 N–H and O–H groups in total. The molecule has 0 aliphatic carbocycles. The first-order valence-corrected chi connectivity index (χ1v) is 6.48. The van der Waals surface area contributed by atoms with Gasteiger partial charge in [0, 0.05) is 17.6 Å². The van der Waals surface area contributed by atoms with Crippen molar-refractivity contribution < 1.29 is 9.31 Å². The van der Waals surface area contributed by atoms with Gasteiger partial charge < -0.3 is 15.0 Å². The second-order valence-electron chi connectivity index (χ2n) is 5.85. The lowest BCUT2D eigenvalue weighted by molar-refractivity contribution is 0.00578. The summed E-state index contributed by atoms with van der Waals surface area (Å²) in [5.74, 6) is 0.497. The van der Waals surface area contributed by atoms with Crippen molar-refractivity contribution in [2.75, 3.05) is 5.73 Å². The molecule has 4 nitrogen and oxygen atoms in total. The van der Waals surface area contributed by atoms with Crippen molar-refractivity contribution in [2.45, 2.75) is 45.3 Å². The first kappa shape index (κ1) is 14.1. The predicted molar refractivity (Wildman–Crippen MR) is 78.3 cm³/mol. The number of anilines is 1. The average molecular weight is 260 g/mol. The number of nitrogens with two attached hydrogens (primary N) is 1. The minimum Gasteiger partial charge on any atom is -0.399 e. The number of hydrogen-bond donors (Lipinski definition) is 1. The van der Waals surface area contributed by atoms with E-state index in [4.69, 9.17) is 15.0 Å². The maximum atomic E-state index is 6.04. The second-order valence-corrected chi connectivity index (χ2v) is 5.85. The lowest BCUT2D eigenvalue weighted by atomic mass is 9.77. The zero-order chi connectivity index (χ0) is 14.3. The Morgan fingerprint density at radius 3 is 2.37 bits per heavy atom. The number of allylic oxidation sites excluding steroid dienone is 1. The lowest BCUT2D eigenvalue weighted by Gasteiger charge is -2.32. The van der Waals surface area contributed by atoms with Gasteiger partial charge in [-0.25, -0.2) is 4.98 Å². The van der Waals surface area contributed by atoms with Crippen LogP contribution in [0.4, 0.5) is 5.82 Å². The monoisotopic (exact) mass is 260 g/mol. The molecule has 0 unspecified atom stereocenters. The van der Waals surface area contributed by atoms with E-state index in [2.05, 4.69) is 11.6 Å². The molecule has 0 spiro atoms. The summed E-state index contributed by atoms with van der Waals surface area (Å²) in [5.41, 5.74) is 6.80. The van der Waals surface area contributed by atoms with E-state index >= 15 is 0 Å². The summed E-state index contributed by atoms with van der Waals surface area (Å²) in [6.07, 6.45) is 2.45. The Bertz CT molecular complexity index is 484. The maximum Gasteiger partial charge on any atom is 0.496 e. The van der Waals surface area contributed by atoms with Crippen LogP contribution in [-0.2, 0) is 15.7 Å². The molecule has 1 aliphatic rings. The zero-order valence-corrected chi connectivity index (χ0v) is 12.1. The minimum atomic E-state index is -0.409. The lowest BCUT2D eigenvalue weighted by Crippen LogP contribution is -2.41. The van der Waals surface area contributed by atoms with E-state index in [1.165, 1.54) is 0 Å². The van der Waals surface area contributed by atoms with Gasteiger partial charge >= 0.3 is 7.12 Å². The molecule has 0 amide bonds. The van der Waals surface area contributed by atoms with Crippen molar-refractivity contribution in [3.8, 4) is 0 Å². The van der Waals surface area contributed by atoms with Crippen LogP contribution in [0.3, 0.4) is 0 Å². The second kappa shape index (κ2) is 4.65. The molecule has 0 bridgehead atoms. The number of nitrogens with zero attached hydrogens (tertiary/aromatic N) is 1. The van der Waals surface area contributed by atoms with Crippen LogP contribution in [0.2, 0.25) is 0 Å². The fraction of sp³-hybridized carbons (Fsp3) is 0.500. The largest absolute Gasteiger partial charge is 0.496 e. The van der Waals surface area contributed by atoms with E-state index in [1.807, 2.05) is 33.8 Å². The fourth-order valence-corrected chi connectivity index (χ4v) is 2.01. The molecule has 1 fully saturated rings. The van der Waals surface area contributed by atoms with Crippen molar-refractivity contribution in [1.29, 1.82) is 0 Å². The number of hydrogen-bond acceptors (Lipinski definition) is 4. The summed E-state index contributed by atoms with van der Waals surface area (Å²) in [4.78, 5) is 4.35. The van der Waals surface area contributed by atoms with Crippen LogP contribution < -0.4 is 11.2 Å². The number of pyridine rings is 1. The smallest absolute Gasteiger partial charge is 0.399 e. The summed E-state index contributed by atoms with van der Waals surface area (Å²) in [6.45, 7) is 11.9. The normalized spacial score (nSPS) is 20.5. The third kappa shape index (κ3) is 2.53. The molecule has 0 radical (unpaired) electrons. The summed E-state index contributed by atoms with van der Waals surface area (Å²) < 4.78 is 12.1. The zero-order valence-electron chi connectivity index (χ0n) is 12.1. The molecule has 5 heteroatoms. The third-order valence-electron chi connectivity index (χ3n) is 3.88. The topological polar surface area (TPSA) is 57.4 Å². The summed E-state index contributed by atoms with van der Waals surface area (Å²) in [7, 11) is -0.409. The number of aromatic nitrogens is 1. The van der Waals surface area contributed by atoms with Gasteiger partial charge in [-0.1, -0.05) is 12.1 Å². The van der Waals surface area contributed by atoms with Crippen molar-refractivity contribution in [3.05, 3.63) is 30.5 Å². The molecule has 0 saturated carbocycles. The van der Waals surface area contributed by atoms with Crippen LogP contribution in [0.1, 0.15) is 33.4 Å². The molecule has 2 heterocycles. The summed E-state index contributed by atoms with van der Waals surface area (Å²) >= 11 is 0. The van der Waals surface area contributed by atoms with Crippen LogP contribution in [0.15, 0.2) is 24.8 Å². The molecule has 1 saturated heterocycles. The van der Waals surface area contributed by atoms with Gasteiger partial charge in [0.25, 0.3) is 0 Å². The van der Waals surface area contributed by atoms with Crippen LogP contribution >= 0.6 is 0 Å². The van der Waals surface area contributed by atoms with Crippen molar-refractivity contribution in [1.82, 2.24) is 4.98 Å². The third-order valence-corrected chi connectivity index (χ3v) is 3.88. The highest BCUT2D eigenvalue weighted by atomic mass is 16.7. The quantitative estimate of drug-likeness (QED) is 0.663. The molecular weight excluding hydrogens is 239 g/mol. The summed E-state index contributed by atoms with van der Waals surface area (Å²) in [6, 6.07) is 3.69. The molecule has 102 valence electrons.